The fourth-order valence-corrected chi connectivity index (χ4v) is 2.20. The summed E-state index contributed by atoms with van der Waals surface area (Å²) in [6.45, 7) is -1.00. The molecular weight excluding hydrogens is 212 g/mol. The van der Waals surface area contributed by atoms with E-state index >= 15 is 0 Å². The van der Waals surface area contributed by atoms with Crippen LogP contribution >= 0.6 is 0 Å². The van der Waals surface area contributed by atoms with Crippen LogP contribution in [0.15, 0.2) is 10.4 Å². The van der Waals surface area contributed by atoms with Gasteiger partial charge >= 0.3 is 6.98 Å². The van der Waals surface area contributed by atoms with Gasteiger partial charge in [0, 0.05) is 5.94 Å². The third-order valence-electron chi connectivity index (χ3n) is 3.23. The normalized spacial score (nSPS) is 35.8. The van der Waals surface area contributed by atoms with Gasteiger partial charge < -0.3 is 4.81 Å². The van der Waals surface area contributed by atoms with Gasteiger partial charge in [0.05, 0.1) is 52.4 Å². The summed E-state index contributed by atoms with van der Waals surface area (Å²) in [6.07, 6.45) is 0. The molecule has 2 aliphatic rings. The Hall–Kier alpha value is -0.585. The highest BCUT2D eigenvalue weighted by atomic mass is 16.3. The smallest absolute Gasteiger partial charge is 0.327 e. The third kappa shape index (κ3) is 1.29. The van der Waals surface area contributed by atoms with E-state index in [1.54, 1.807) is 0 Å². The summed E-state index contributed by atoms with van der Waals surface area (Å²) < 4.78 is 0. The maximum absolute atomic E-state index is 10.8. The number of piperazine rings is 1. The van der Waals surface area contributed by atoms with Gasteiger partial charge in [0.1, 0.15) is 0 Å². The van der Waals surface area contributed by atoms with Crippen LogP contribution in [0.4, 0.5) is 0 Å². The molecular formula is C4HB7N4O2. The zero-order valence-corrected chi connectivity index (χ0v) is 8.72. The number of nitrogens with zero attached hydrogens (tertiary/aromatic N) is 4. The second-order valence-electron chi connectivity index (χ2n) is 4.30. The molecule has 17 heavy (non-hydrogen) atoms. The third-order valence-corrected chi connectivity index (χ3v) is 3.23. The van der Waals surface area contributed by atoms with E-state index < -0.39 is 28.9 Å². The van der Waals surface area contributed by atoms with Gasteiger partial charge in [0.2, 0.25) is 0 Å². The van der Waals surface area contributed by atoms with Crippen LogP contribution in [0.3, 0.4) is 0 Å². The molecule has 0 amide bonds. The van der Waals surface area contributed by atoms with E-state index in [1.165, 1.54) is 0 Å². The average molecular weight is 213 g/mol. The molecule has 0 aromatic carbocycles. The molecule has 0 bridgehead atoms. The molecule has 2 saturated heterocycles. The van der Waals surface area contributed by atoms with Crippen LogP contribution < -0.4 is 0 Å². The Kier molecular flexibility index (Phi) is 2.46. The van der Waals surface area contributed by atoms with E-state index in [0.29, 0.717) is 5.01 Å². The predicted octanol–water partition coefficient (Wildman–Crippen LogP) is -3.57. The first-order valence-corrected chi connectivity index (χ1v) is 4.61. The SMILES string of the molecule is [B]C1([B])C2B(N=O)N2C([B])([B])C([B])([B])N1N=O. The van der Waals surface area contributed by atoms with Gasteiger partial charge in [0.15, 0.2) is 0 Å². The zero-order chi connectivity index (χ0) is 13.2. The monoisotopic (exact) mass is 214 g/mol. The highest BCUT2D eigenvalue weighted by Crippen LogP contribution is 2.49. The van der Waals surface area contributed by atoms with Crippen molar-refractivity contribution in [1.29, 1.82) is 0 Å². The summed E-state index contributed by atoms with van der Waals surface area (Å²) in [4.78, 5) is 22.5. The quantitative estimate of drug-likeness (QED) is 0.270. The Morgan fingerprint density at radius 3 is 1.94 bits per heavy atom. The summed E-state index contributed by atoms with van der Waals surface area (Å²) in [6, 6.07) is 0. The molecule has 2 unspecified atom stereocenters. The van der Waals surface area contributed by atoms with Crippen molar-refractivity contribution in [1.82, 2.24) is 9.82 Å². The van der Waals surface area contributed by atoms with Crippen LogP contribution in [-0.4, -0.2) is 85.8 Å². The van der Waals surface area contributed by atoms with Crippen molar-refractivity contribution >= 4 is 54.1 Å². The molecule has 2 fully saturated rings. The maximum atomic E-state index is 10.8. The molecule has 0 aliphatic carbocycles. The fraction of sp³-hybridized carbons (Fsp3) is 1.00. The summed E-state index contributed by atoms with van der Waals surface area (Å²) in [5.74, 6) is -0.882. The molecule has 2 aliphatic heterocycles. The maximum Gasteiger partial charge on any atom is 0.435 e. The van der Waals surface area contributed by atoms with Crippen molar-refractivity contribution in [2.24, 2.45) is 10.4 Å². The van der Waals surface area contributed by atoms with Crippen molar-refractivity contribution < 1.29 is 0 Å². The lowest BCUT2D eigenvalue weighted by molar-refractivity contribution is 0.0827. The van der Waals surface area contributed by atoms with Crippen LogP contribution in [0, 0.1) is 9.81 Å². The Morgan fingerprint density at radius 2 is 1.53 bits per heavy atom. The summed E-state index contributed by atoms with van der Waals surface area (Å²) >= 11 is 0. The largest absolute Gasteiger partial charge is 0.435 e. The number of rotatable bonds is 2. The van der Waals surface area contributed by atoms with Crippen molar-refractivity contribution in [3.63, 3.8) is 0 Å². The molecule has 70 valence electrons. The van der Waals surface area contributed by atoms with E-state index in [-0.39, 0.29) is 0 Å². The molecule has 2 atom stereocenters. The van der Waals surface area contributed by atoms with Gasteiger partial charge in [-0.3, -0.25) is 5.01 Å². The van der Waals surface area contributed by atoms with Crippen molar-refractivity contribution in [3.05, 3.63) is 9.81 Å². The Labute approximate surface area is 106 Å². The van der Waals surface area contributed by atoms with Crippen LogP contribution in [0.25, 0.3) is 0 Å². The average Bonchev–Trinajstić information content (AvgIpc) is 2.91. The topological polar surface area (TPSA) is 65.1 Å². The Bertz CT molecular complexity index is 388. The molecule has 2 rings (SSSR count). The number of hydrogen-bond acceptors (Lipinski definition) is 5. The van der Waals surface area contributed by atoms with Gasteiger partial charge in [-0.05, 0) is 10.7 Å². The van der Waals surface area contributed by atoms with Gasteiger partial charge in [-0.15, -0.1) is 9.99 Å². The highest BCUT2D eigenvalue weighted by molar-refractivity contribution is 6.74. The summed E-state index contributed by atoms with van der Waals surface area (Å²) in [5.41, 5.74) is 0. The molecule has 2 heterocycles. The van der Waals surface area contributed by atoms with Crippen molar-refractivity contribution in [3.8, 4) is 0 Å². The molecule has 0 N–H and O–H groups in total. The lowest BCUT2D eigenvalue weighted by atomic mass is 9.35. The Morgan fingerprint density at radius 1 is 1.00 bits per heavy atom. The second-order valence-corrected chi connectivity index (χ2v) is 4.30. The highest BCUT2D eigenvalue weighted by Gasteiger charge is 2.74. The predicted molar refractivity (Wildman–Crippen MR) is 67.5 cm³/mol. The second kappa shape index (κ2) is 3.25. The number of nitroso groups, excluding NO2 is 2. The first-order valence-electron chi connectivity index (χ1n) is 4.61. The number of hydrogen-bond donors (Lipinski definition) is 0. The van der Waals surface area contributed by atoms with Crippen LogP contribution in [0.1, 0.15) is 0 Å². The summed E-state index contributed by atoms with van der Waals surface area (Å²) in [7, 11) is 34.0. The fourth-order valence-electron chi connectivity index (χ4n) is 2.20. The van der Waals surface area contributed by atoms with E-state index in [4.69, 9.17) is 47.1 Å². The minimum absolute atomic E-state index is 0.451. The summed E-state index contributed by atoms with van der Waals surface area (Å²) in [5, 5.41) is -0.209. The molecule has 0 aromatic heterocycles. The van der Waals surface area contributed by atoms with Gasteiger partial charge in [-0.1, -0.05) is 5.34 Å². The number of fused-ring (bicyclic) bond motifs is 1. The Balaban J connectivity index is 2.52. The lowest BCUT2D eigenvalue weighted by Gasteiger charge is -2.60. The first-order chi connectivity index (χ1) is 7.64. The van der Waals surface area contributed by atoms with Gasteiger partial charge in [-0.2, -0.15) is 4.91 Å². The molecule has 0 aromatic rings. The van der Waals surface area contributed by atoms with Gasteiger partial charge in [-0.25, -0.2) is 0 Å². The van der Waals surface area contributed by atoms with E-state index in [2.05, 4.69) is 10.4 Å². The van der Waals surface area contributed by atoms with E-state index in [1.807, 2.05) is 0 Å². The molecule has 13 heteroatoms. The van der Waals surface area contributed by atoms with E-state index in [0.717, 1.165) is 4.81 Å². The van der Waals surface area contributed by atoms with Gasteiger partial charge in [0.25, 0.3) is 0 Å². The van der Waals surface area contributed by atoms with Crippen molar-refractivity contribution in [2.45, 2.75) is 22.0 Å². The molecule has 0 spiro atoms. The zero-order valence-electron chi connectivity index (χ0n) is 8.72. The molecule has 6 nitrogen and oxygen atoms in total. The molecule has 12 radical (unpaired) electrons. The van der Waals surface area contributed by atoms with E-state index in [9.17, 15) is 9.81 Å². The van der Waals surface area contributed by atoms with Crippen molar-refractivity contribution in [2.75, 3.05) is 0 Å². The standard InChI is InChI=1S/C4HB7N4O2/c5-2(6)1-11(12-16)14(1)3(7,8)4(9,10)15(2)13-17/h1H. The first kappa shape index (κ1) is 12.9. The minimum Gasteiger partial charge on any atom is -0.327 e. The minimum atomic E-state index is -2.14. The lowest BCUT2D eigenvalue weighted by Crippen LogP contribution is -2.79. The van der Waals surface area contributed by atoms with Crippen LogP contribution in [-0.2, 0) is 0 Å². The molecule has 0 saturated carbocycles. The van der Waals surface area contributed by atoms with Crippen LogP contribution in [0.2, 0.25) is 0 Å². The van der Waals surface area contributed by atoms with Crippen LogP contribution in [0.5, 0.6) is 0 Å².